The van der Waals surface area contributed by atoms with E-state index in [-0.39, 0.29) is 4.88 Å². The normalized spacial score (nSPS) is 9.75. The highest BCUT2D eigenvalue weighted by Crippen LogP contribution is 1.96. The van der Waals surface area contributed by atoms with Crippen LogP contribution in [-0.4, -0.2) is 15.6 Å². The number of carboxylic acid groups (broad SMARTS) is 1. The molecular weight excluding hydrogens is 182 g/mol. The Kier molecular flexibility index (Phi) is 2.09. The highest BCUT2D eigenvalue weighted by atomic mass is 32.1. The summed E-state index contributed by atoms with van der Waals surface area (Å²) in [5, 5.41) is 8.45. The molecule has 0 unspecified atom stereocenters. The molecular formula is C6H5NO4S. The molecule has 1 rings (SSSR count). The average Bonchev–Trinajstić information content (AvgIpc) is 1.99. The van der Waals surface area contributed by atoms with Gasteiger partial charge in [-0.1, -0.05) is 11.3 Å². The number of rotatable bonds is 1. The van der Waals surface area contributed by atoms with Crippen LogP contribution < -0.4 is 10.4 Å². The van der Waals surface area contributed by atoms with Crippen molar-refractivity contribution in [2.75, 3.05) is 0 Å². The number of carbonyl (C=O) groups is 1. The fourth-order valence-electron chi connectivity index (χ4n) is 0.596. The summed E-state index contributed by atoms with van der Waals surface area (Å²) in [7, 11) is 1.30. The highest BCUT2D eigenvalue weighted by Gasteiger charge is 2.07. The molecule has 6 heteroatoms. The van der Waals surface area contributed by atoms with Gasteiger partial charge in [0.25, 0.3) is 5.56 Å². The zero-order valence-electron chi connectivity index (χ0n) is 6.10. The molecule has 12 heavy (non-hydrogen) atoms. The molecule has 0 saturated carbocycles. The SMILES string of the molecule is Cn1c(=O)cc(C(=O)O)sc1=O. The third-order valence-corrected chi connectivity index (χ3v) is 2.23. The van der Waals surface area contributed by atoms with Crippen molar-refractivity contribution in [2.24, 2.45) is 7.05 Å². The topological polar surface area (TPSA) is 76.4 Å². The second-order valence-electron chi connectivity index (χ2n) is 2.08. The summed E-state index contributed by atoms with van der Waals surface area (Å²) in [6, 6.07) is 0.925. The van der Waals surface area contributed by atoms with Crippen molar-refractivity contribution in [2.45, 2.75) is 0 Å². The lowest BCUT2D eigenvalue weighted by Gasteiger charge is -1.93. The molecule has 1 N–H and O–H groups in total. The molecule has 1 aromatic rings. The third-order valence-electron chi connectivity index (χ3n) is 1.27. The Labute approximate surface area is 70.5 Å². The number of nitrogens with zero attached hydrogens (tertiary/aromatic N) is 1. The van der Waals surface area contributed by atoms with Crippen molar-refractivity contribution in [1.29, 1.82) is 0 Å². The largest absolute Gasteiger partial charge is 0.477 e. The van der Waals surface area contributed by atoms with Crippen LogP contribution in [0, 0.1) is 0 Å². The maximum Gasteiger partial charge on any atom is 0.346 e. The van der Waals surface area contributed by atoms with E-state index in [1.54, 1.807) is 0 Å². The summed E-state index contributed by atoms with van der Waals surface area (Å²) < 4.78 is 0.858. The zero-order chi connectivity index (χ0) is 9.30. The van der Waals surface area contributed by atoms with Gasteiger partial charge in [-0.2, -0.15) is 0 Å². The second kappa shape index (κ2) is 2.90. The highest BCUT2D eigenvalue weighted by molar-refractivity contribution is 7.11. The minimum atomic E-state index is -1.25. The molecule has 1 heterocycles. The summed E-state index contributed by atoms with van der Waals surface area (Å²) in [6.07, 6.45) is 0. The van der Waals surface area contributed by atoms with Crippen molar-refractivity contribution < 1.29 is 9.90 Å². The first-order valence-corrected chi connectivity index (χ1v) is 3.78. The molecule has 0 spiro atoms. The van der Waals surface area contributed by atoms with Gasteiger partial charge in [0.2, 0.25) is 0 Å². The lowest BCUT2D eigenvalue weighted by Crippen LogP contribution is -2.28. The van der Waals surface area contributed by atoms with E-state index in [0.717, 1.165) is 10.6 Å². The van der Waals surface area contributed by atoms with Crippen LogP contribution in [-0.2, 0) is 7.05 Å². The summed E-state index contributed by atoms with van der Waals surface area (Å²) in [4.78, 5) is 31.3. The smallest absolute Gasteiger partial charge is 0.346 e. The van der Waals surface area contributed by atoms with Gasteiger partial charge in [-0.25, -0.2) is 4.79 Å². The monoisotopic (exact) mass is 187 g/mol. The van der Waals surface area contributed by atoms with E-state index in [1.165, 1.54) is 7.05 Å². The molecule has 0 atom stereocenters. The molecule has 1 aromatic heterocycles. The van der Waals surface area contributed by atoms with E-state index < -0.39 is 16.4 Å². The van der Waals surface area contributed by atoms with Gasteiger partial charge < -0.3 is 5.11 Å². The van der Waals surface area contributed by atoms with Crippen LogP contribution >= 0.6 is 11.3 Å². The summed E-state index contributed by atoms with van der Waals surface area (Å²) >= 11 is 0.534. The Balaban J connectivity index is 3.52. The maximum atomic E-state index is 10.9. The van der Waals surface area contributed by atoms with E-state index in [1.807, 2.05) is 0 Å². The predicted molar refractivity (Wildman–Crippen MR) is 42.8 cm³/mol. The van der Waals surface area contributed by atoms with E-state index in [4.69, 9.17) is 5.11 Å². The first-order valence-electron chi connectivity index (χ1n) is 2.97. The Morgan fingerprint density at radius 1 is 1.58 bits per heavy atom. The fraction of sp³-hybridized carbons (Fsp3) is 0.167. The molecule has 0 fully saturated rings. The van der Waals surface area contributed by atoms with Crippen molar-refractivity contribution in [3.8, 4) is 0 Å². The van der Waals surface area contributed by atoms with Crippen LogP contribution in [0.2, 0.25) is 0 Å². The summed E-state index contributed by atoms with van der Waals surface area (Å²) in [5.41, 5.74) is -0.601. The van der Waals surface area contributed by atoms with Gasteiger partial charge in [-0.15, -0.1) is 0 Å². The van der Waals surface area contributed by atoms with Crippen LogP contribution in [0.25, 0.3) is 0 Å². The van der Waals surface area contributed by atoms with Gasteiger partial charge in [0.05, 0.1) is 0 Å². The number of carboxylic acids is 1. The quantitative estimate of drug-likeness (QED) is 0.643. The standard InChI is InChI=1S/C6H5NO4S/c1-7-4(8)2-3(5(9)10)12-6(7)11/h2H,1H3,(H,9,10). The summed E-state index contributed by atoms with van der Waals surface area (Å²) in [6.45, 7) is 0. The Bertz CT molecular complexity index is 399. The van der Waals surface area contributed by atoms with Crippen molar-refractivity contribution in [1.82, 2.24) is 4.57 Å². The molecule has 0 aromatic carbocycles. The fourth-order valence-corrected chi connectivity index (χ4v) is 1.26. The average molecular weight is 187 g/mol. The van der Waals surface area contributed by atoms with Crippen molar-refractivity contribution in [3.63, 3.8) is 0 Å². The van der Waals surface area contributed by atoms with E-state index in [9.17, 15) is 14.4 Å². The number of aromatic nitrogens is 1. The van der Waals surface area contributed by atoms with Crippen LogP contribution in [0.15, 0.2) is 15.7 Å². The lowest BCUT2D eigenvalue weighted by molar-refractivity contribution is 0.0701. The molecule has 0 radical (unpaired) electrons. The van der Waals surface area contributed by atoms with Crippen LogP contribution in [0.5, 0.6) is 0 Å². The Morgan fingerprint density at radius 2 is 2.17 bits per heavy atom. The van der Waals surface area contributed by atoms with Crippen molar-refractivity contribution >= 4 is 17.3 Å². The number of aromatic carboxylic acids is 1. The maximum absolute atomic E-state index is 10.9. The minimum Gasteiger partial charge on any atom is -0.477 e. The summed E-state index contributed by atoms with van der Waals surface area (Å²) in [5.74, 6) is -1.25. The van der Waals surface area contributed by atoms with E-state index in [0.29, 0.717) is 11.3 Å². The number of hydrogen-bond donors (Lipinski definition) is 1. The minimum absolute atomic E-state index is 0.233. The van der Waals surface area contributed by atoms with E-state index >= 15 is 0 Å². The Hall–Kier alpha value is -1.43. The predicted octanol–water partition coefficient (Wildman–Crippen LogP) is -0.495. The van der Waals surface area contributed by atoms with Gasteiger partial charge in [0.1, 0.15) is 4.88 Å². The first-order chi connectivity index (χ1) is 5.52. The van der Waals surface area contributed by atoms with Gasteiger partial charge in [-0.05, 0) is 0 Å². The van der Waals surface area contributed by atoms with Gasteiger partial charge in [-0.3, -0.25) is 14.2 Å². The molecule has 64 valence electrons. The van der Waals surface area contributed by atoms with Gasteiger partial charge in [0, 0.05) is 13.1 Å². The third kappa shape index (κ3) is 1.42. The molecule has 5 nitrogen and oxygen atoms in total. The van der Waals surface area contributed by atoms with Gasteiger partial charge >= 0.3 is 10.8 Å². The first kappa shape index (κ1) is 8.66. The molecule has 0 aliphatic carbocycles. The molecule has 0 aliphatic heterocycles. The van der Waals surface area contributed by atoms with Crippen LogP contribution in [0.1, 0.15) is 9.67 Å². The molecule has 0 amide bonds. The second-order valence-corrected chi connectivity index (χ2v) is 3.07. The molecule has 0 aliphatic rings. The Morgan fingerprint density at radius 3 is 2.58 bits per heavy atom. The van der Waals surface area contributed by atoms with Crippen LogP contribution in [0.3, 0.4) is 0 Å². The zero-order valence-corrected chi connectivity index (χ0v) is 6.92. The molecule has 0 saturated heterocycles. The molecule has 0 bridgehead atoms. The van der Waals surface area contributed by atoms with Crippen molar-refractivity contribution in [3.05, 3.63) is 31.0 Å². The van der Waals surface area contributed by atoms with Crippen LogP contribution in [0.4, 0.5) is 0 Å². The lowest BCUT2D eigenvalue weighted by atomic mass is 10.5. The number of hydrogen-bond acceptors (Lipinski definition) is 4. The van der Waals surface area contributed by atoms with E-state index in [2.05, 4.69) is 0 Å². The van der Waals surface area contributed by atoms with Gasteiger partial charge in [0.15, 0.2) is 0 Å².